The molecule has 10 heteroatoms. The highest BCUT2D eigenvalue weighted by molar-refractivity contribution is 5.99. The van der Waals surface area contributed by atoms with Crippen LogP contribution in [0.4, 0.5) is 14.5 Å². The zero-order valence-corrected chi connectivity index (χ0v) is 19.6. The number of aliphatic hydroxyl groups is 1. The minimum atomic E-state index is -0.909. The van der Waals surface area contributed by atoms with E-state index in [0.717, 1.165) is 17.7 Å². The van der Waals surface area contributed by atoms with Gasteiger partial charge in [-0.05, 0) is 12.1 Å². The molecule has 0 bridgehead atoms. The van der Waals surface area contributed by atoms with E-state index < -0.39 is 22.8 Å². The fourth-order valence-corrected chi connectivity index (χ4v) is 3.92. The van der Waals surface area contributed by atoms with Crippen LogP contribution in [-0.4, -0.2) is 48.0 Å². The first-order valence-corrected chi connectivity index (χ1v) is 11.2. The monoisotopic (exact) mass is 494 g/mol. The van der Waals surface area contributed by atoms with Crippen molar-refractivity contribution in [3.05, 3.63) is 66.5 Å². The van der Waals surface area contributed by atoms with Crippen molar-refractivity contribution < 1.29 is 28.1 Å². The molecule has 2 aromatic carbocycles. The number of aliphatic imine (C=N–C) groups is 1. The summed E-state index contributed by atoms with van der Waals surface area (Å²) >= 11 is 0. The molecule has 0 spiro atoms. The minimum Gasteiger partial charge on any atom is -0.496 e. The van der Waals surface area contributed by atoms with Crippen LogP contribution in [0.15, 0.2) is 59.9 Å². The molecule has 5 rings (SSSR count). The van der Waals surface area contributed by atoms with Gasteiger partial charge in [-0.25, -0.2) is 18.8 Å². The number of aromatic amines is 1. The summed E-state index contributed by atoms with van der Waals surface area (Å²) < 4.78 is 46.8. The molecule has 1 aliphatic rings. The van der Waals surface area contributed by atoms with E-state index in [1.165, 1.54) is 6.20 Å². The van der Waals surface area contributed by atoms with Gasteiger partial charge in [-0.15, -0.1) is 0 Å². The van der Waals surface area contributed by atoms with Gasteiger partial charge in [0.15, 0.2) is 17.4 Å². The number of aliphatic hydroxyl groups excluding tert-OH is 1. The Morgan fingerprint density at radius 2 is 1.92 bits per heavy atom. The second-order valence-corrected chi connectivity index (χ2v) is 8.81. The maximum Gasteiger partial charge on any atom is 0.289 e. The van der Waals surface area contributed by atoms with Crippen LogP contribution in [0, 0.1) is 17.0 Å². The number of hydrogen-bond donors (Lipinski definition) is 3. The molecule has 0 radical (unpaired) electrons. The van der Waals surface area contributed by atoms with E-state index in [-0.39, 0.29) is 30.7 Å². The number of halogens is 2. The Hall–Kier alpha value is -4.18. The summed E-state index contributed by atoms with van der Waals surface area (Å²) in [6, 6.07) is 11.3. The van der Waals surface area contributed by atoms with Crippen molar-refractivity contribution in [1.29, 1.82) is 0 Å². The SMILES string of the molecule is COc1ccccc1-c1c[nH]c2nccc(Oc3c(F)cc(NC4=NC[C@](C)(CO)CO4)cc3F)c12. The van der Waals surface area contributed by atoms with Gasteiger partial charge in [0, 0.05) is 46.8 Å². The Labute approximate surface area is 205 Å². The Morgan fingerprint density at radius 3 is 2.61 bits per heavy atom. The number of ether oxygens (including phenoxy) is 3. The highest BCUT2D eigenvalue weighted by Crippen LogP contribution is 2.41. The van der Waals surface area contributed by atoms with Crippen LogP contribution >= 0.6 is 0 Å². The predicted octanol–water partition coefficient (Wildman–Crippen LogP) is 5.11. The molecule has 8 nitrogen and oxygen atoms in total. The van der Waals surface area contributed by atoms with Crippen LogP contribution in [0.1, 0.15) is 6.92 Å². The van der Waals surface area contributed by atoms with Gasteiger partial charge in [-0.3, -0.25) is 0 Å². The lowest BCUT2D eigenvalue weighted by Crippen LogP contribution is -2.38. The first-order chi connectivity index (χ1) is 17.4. The smallest absolute Gasteiger partial charge is 0.289 e. The third kappa shape index (κ3) is 4.42. The summed E-state index contributed by atoms with van der Waals surface area (Å²) in [5, 5.41) is 12.7. The predicted molar refractivity (Wildman–Crippen MR) is 132 cm³/mol. The number of para-hydroxylation sites is 1. The number of nitrogens with one attached hydrogen (secondary N) is 2. The van der Waals surface area contributed by atoms with Crippen LogP contribution in [0.5, 0.6) is 17.2 Å². The van der Waals surface area contributed by atoms with E-state index in [0.29, 0.717) is 28.9 Å². The average Bonchev–Trinajstić information content (AvgIpc) is 3.32. The van der Waals surface area contributed by atoms with Crippen molar-refractivity contribution >= 4 is 22.7 Å². The Kier molecular flexibility index (Phi) is 6.19. The first-order valence-electron chi connectivity index (χ1n) is 11.2. The number of benzene rings is 2. The lowest BCUT2D eigenvalue weighted by Gasteiger charge is -2.30. The third-order valence-electron chi connectivity index (χ3n) is 5.94. The maximum atomic E-state index is 15.0. The molecule has 0 fully saturated rings. The molecule has 1 atom stereocenters. The van der Waals surface area contributed by atoms with Gasteiger partial charge in [0.25, 0.3) is 6.02 Å². The molecular weight excluding hydrogens is 470 g/mol. The fourth-order valence-electron chi connectivity index (χ4n) is 3.92. The molecule has 3 N–H and O–H groups in total. The van der Waals surface area contributed by atoms with Crippen molar-refractivity contribution in [2.75, 3.05) is 32.2 Å². The average molecular weight is 494 g/mol. The molecule has 0 saturated carbocycles. The molecule has 0 saturated heterocycles. The molecule has 186 valence electrons. The summed E-state index contributed by atoms with van der Waals surface area (Å²) in [4.78, 5) is 11.6. The largest absolute Gasteiger partial charge is 0.496 e. The van der Waals surface area contributed by atoms with Gasteiger partial charge < -0.3 is 29.6 Å². The molecule has 0 aliphatic carbocycles. The van der Waals surface area contributed by atoms with E-state index in [1.54, 1.807) is 19.4 Å². The van der Waals surface area contributed by atoms with E-state index in [4.69, 9.17) is 14.2 Å². The van der Waals surface area contributed by atoms with Crippen LogP contribution in [0.25, 0.3) is 22.2 Å². The number of hydrogen-bond acceptors (Lipinski definition) is 7. The van der Waals surface area contributed by atoms with Gasteiger partial charge in [0.2, 0.25) is 0 Å². The molecule has 2 aromatic heterocycles. The van der Waals surface area contributed by atoms with Crippen LogP contribution < -0.4 is 14.8 Å². The second kappa shape index (κ2) is 9.46. The zero-order chi connectivity index (χ0) is 25.3. The van der Waals surface area contributed by atoms with Gasteiger partial charge in [-0.2, -0.15) is 0 Å². The number of rotatable bonds is 6. The van der Waals surface area contributed by atoms with Gasteiger partial charge in [0.1, 0.15) is 23.8 Å². The van der Waals surface area contributed by atoms with Crippen LogP contribution in [0.2, 0.25) is 0 Å². The van der Waals surface area contributed by atoms with Crippen molar-refractivity contribution in [2.24, 2.45) is 10.4 Å². The standard InChI is InChI=1S/C26H24F2N4O4/c1-26(13-33)12-31-25(35-14-26)32-15-9-18(27)23(19(28)10-15)36-21-7-8-29-24-22(21)17(11-30-24)16-5-3-4-6-20(16)34-2/h3-11,33H,12-14H2,1-2H3,(H,29,30)(H,31,32)/t26-/m1/s1. The maximum absolute atomic E-state index is 15.0. The Morgan fingerprint density at radius 1 is 1.14 bits per heavy atom. The number of methoxy groups -OCH3 is 1. The number of pyridine rings is 1. The van der Waals surface area contributed by atoms with Crippen molar-refractivity contribution in [2.45, 2.75) is 6.92 Å². The van der Waals surface area contributed by atoms with Crippen molar-refractivity contribution in [3.63, 3.8) is 0 Å². The van der Waals surface area contributed by atoms with Crippen LogP contribution in [0.3, 0.4) is 0 Å². The third-order valence-corrected chi connectivity index (χ3v) is 5.94. The van der Waals surface area contributed by atoms with Crippen molar-refractivity contribution in [1.82, 2.24) is 9.97 Å². The number of fused-ring (bicyclic) bond motifs is 1. The second-order valence-electron chi connectivity index (χ2n) is 8.81. The molecule has 3 heterocycles. The topological polar surface area (TPSA) is 101 Å². The Bertz CT molecular complexity index is 1430. The lowest BCUT2D eigenvalue weighted by molar-refractivity contribution is 0.0706. The molecule has 1 aliphatic heterocycles. The first kappa shape index (κ1) is 23.6. The van der Waals surface area contributed by atoms with Gasteiger partial charge in [0.05, 0.1) is 25.6 Å². The molecule has 36 heavy (non-hydrogen) atoms. The van der Waals surface area contributed by atoms with Crippen LogP contribution in [-0.2, 0) is 4.74 Å². The van der Waals surface area contributed by atoms with E-state index in [1.807, 2.05) is 31.2 Å². The number of anilines is 1. The summed E-state index contributed by atoms with van der Waals surface area (Å²) in [5.74, 6) is -1.52. The number of amidine groups is 1. The molecular formula is C26H24F2N4O4. The molecule has 0 amide bonds. The lowest BCUT2D eigenvalue weighted by atomic mass is 9.93. The fraction of sp³-hybridized carbons (Fsp3) is 0.231. The van der Waals surface area contributed by atoms with E-state index in [9.17, 15) is 5.11 Å². The minimum absolute atomic E-state index is 0.0821. The van der Waals surface area contributed by atoms with E-state index in [2.05, 4.69) is 20.3 Å². The Balaban J connectivity index is 1.46. The summed E-state index contributed by atoms with van der Waals surface area (Å²) in [7, 11) is 1.57. The highest BCUT2D eigenvalue weighted by atomic mass is 19.1. The number of H-pyrrole nitrogens is 1. The van der Waals surface area contributed by atoms with Gasteiger partial charge in [-0.1, -0.05) is 25.1 Å². The summed E-state index contributed by atoms with van der Waals surface area (Å²) in [6.07, 6.45) is 3.24. The molecule has 0 unspecified atom stereocenters. The molecule has 4 aromatic rings. The highest BCUT2D eigenvalue weighted by Gasteiger charge is 2.29. The van der Waals surface area contributed by atoms with Gasteiger partial charge >= 0.3 is 0 Å². The number of aromatic nitrogens is 2. The number of nitrogens with zero attached hydrogens (tertiary/aromatic N) is 2. The summed E-state index contributed by atoms with van der Waals surface area (Å²) in [6.45, 7) is 2.30. The van der Waals surface area contributed by atoms with E-state index >= 15 is 8.78 Å². The summed E-state index contributed by atoms with van der Waals surface area (Å²) in [5.41, 5.74) is 1.60. The van der Waals surface area contributed by atoms with Crippen molar-refractivity contribution in [3.8, 4) is 28.4 Å². The zero-order valence-electron chi connectivity index (χ0n) is 19.6. The normalized spacial score (nSPS) is 17.4. The quantitative estimate of drug-likeness (QED) is 0.345.